The summed E-state index contributed by atoms with van der Waals surface area (Å²) in [6.07, 6.45) is 1.44. The lowest BCUT2D eigenvalue weighted by Gasteiger charge is -2.25. The van der Waals surface area contributed by atoms with Gasteiger partial charge < -0.3 is 10.5 Å². The molecule has 0 aliphatic heterocycles. The number of esters is 1. The van der Waals surface area contributed by atoms with Crippen LogP contribution in [0.2, 0.25) is 0 Å². The molecule has 0 rings (SSSR count). The van der Waals surface area contributed by atoms with Gasteiger partial charge in [-0.3, -0.25) is 4.79 Å². The molecule has 0 aliphatic carbocycles. The molecule has 0 aromatic heterocycles. The van der Waals surface area contributed by atoms with Gasteiger partial charge in [-0.2, -0.15) is 0 Å². The first-order valence-electron chi connectivity index (χ1n) is 5.00. The maximum absolute atomic E-state index is 14.1. The van der Waals surface area contributed by atoms with Crippen LogP contribution in [0.25, 0.3) is 0 Å². The van der Waals surface area contributed by atoms with Crippen LogP contribution < -0.4 is 5.73 Å². The third-order valence-corrected chi connectivity index (χ3v) is 2.18. The maximum atomic E-state index is 14.1. The second-order valence-corrected chi connectivity index (χ2v) is 4.17. The van der Waals surface area contributed by atoms with Gasteiger partial charge in [-0.25, -0.2) is 4.39 Å². The molecule has 88 valence electrons. The zero-order chi connectivity index (χ0) is 12.1. The van der Waals surface area contributed by atoms with Gasteiger partial charge >= 0.3 is 5.97 Å². The van der Waals surface area contributed by atoms with Crippen LogP contribution in [-0.2, 0) is 9.53 Å². The lowest BCUT2D eigenvalue weighted by Crippen LogP contribution is -2.39. The highest BCUT2D eigenvalue weighted by molar-refractivity contribution is 5.75. The van der Waals surface area contributed by atoms with Crippen molar-refractivity contribution >= 4 is 5.97 Å². The first-order valence-corrected chi connectivity index (χ1v) is 5.00. The molecule has 0 heterocycles. The van der Waals surface area contributed by atoms with E-state index in [2.05, 4.69) is 11.3 Å². The molecule has 0 fully saturated rings. The molecule has 0 spiro atoms. The number of ether oxygens (including phenoxy) is 1. The van der Waals surface area contributed by atoms with E-state index in [0.717, 1.165) is 0 Å². The van der Waals surface area contributed by atoms with Crippen LogP contribution in [0.4, 0.5) is 4.39 Å². The molecule has 0 aromatic carbocycles. The highest BCUT2D eigenvalue weighted by Crippen LogP contribution is 2.27. The minimum Gasteiger partial charge on any atom is -0.468 e. The Morgan fingerprint density at radius 3 is 2.47 bits per heavy atom. The van der Waals surface area contributed by atoms with Crippen LogP contribution in [0.15, 0.2) is 12.7 Å². The smallest absolute Gasteiger partial charge is 0.322 e. The van der Waals surface area contributed by atoms with Crippen molar-refractivity contribution in [3.8, 4) is 0 Å². The Balaban J connectivity index is 4.42. The Labute approximate surface area is 90.5 Å². The molecule has 2 N–H and O–H groups in total. The van der Waals surface area contributed by atoms with Crippen molar-refractivity contribution in [3.63, 3.8) is 0 Å². The van der Waals surface area contributed by atoms with E-state index in [-0.39, 0.29) is 12.3 Å². The molecule has 0 saturated carbocycles. The summed E-state index contributed by atoms with van der Waals surface area (Å²) in [5.74, 6) is -0.416. The first kappa shape index (κ1) is 14.1. The molecule has 0 bridgehead atoms. The van der Waals surface area contributed by atoms with Crippen molar-refractivity contribution < 1.29 is 13.9 Å². The molecule has 15 heavy (non-hydrogen) atoms. The molecular weight excluding hydrogens is 197 g/mol. The van der Waals surface area contributed by atoms with Crippen LogP contribution in [0.3, 0.4) is 0 Å². The quantitative estimate of drug-likeness (QED) is 0.545. The predicted molar refractivity (Wildman–Crippen MR) is 58.1 cm³/mol. The Hall–Kier alpha value is -0.900. The Bertz CT molecular complexity index is 231. The highest BCUT2D eigenvalue weighted by atomic mass is 19.1. The van der Waals surface area contributed by atoms with E-state index in [1.165, 1.54) is 13.2 Å². The van der Waals surface area contributed by atoms with Gasteiger partial charge in [-0.05, 0) is 12.3 Å². The molecule has 0 radical (unpaired) electrons. The van der Waals surface area contributed by atoms with Crippen LogP contribution in [0.5, 0.6) is 0 Å². The van der Waals surface area contributed by atoms with Crippen molar-refractivity contribution in [2.24, 2.45) is 11.7 Å². The van der Waals surface area contributed by atoms with Crippen LogP contribution in [0.1, 0.15) is 26.7 Å². The molecule has 2 atom stereocenters. The summed E-state index contributed by atoms with van der Waals surface area (Å²) in [5, 5.41) is 0. The van der Waals surface area contributed by atoms with Gasteiger partial charge in [0, 0.05) is 6.42 Å². The zero-order valence-corrected chi connectivity index (χ0v) is 9.63. The molecule has 0 aromatic rings. The largest absolute Gasteiger partial charge is 0.468 e. The summed E-state index contributed by atoms with van der Waals surface area (Å²) in [5.41, 5.74) is 3.91. The summed E-state index contributed by atoms with van der Waals surface area (Å²) in [6, 6.07) is -0.934. The van der Waals surface area contributed by atoms with Crippen LogP contribution >= 0.6 is 0 Å². The van der Waals surface area contributed by atoms with E-state index < -0.39 is 17.7 Å². The fraction of sp³-hybridized carbons (Fsp3) is 0.727. The number of halogens is 1. The average molecular weight is 217 g/mol. The van der Waals surface area contributed by atoms with E-state index >= 15 is 0 Å². The molecule has 0 aliphatic rings. The summed E-state index contributed by atoms with van der Waals surface area (Å²) in [7, 11) is 1.23. The number of allylic oxidation sites excluding steroid dienone is 1. The van der Waals surface area contributed by atoms with Crippen LogP contribution in [0, 0.1) is 5.92 Å². The summed E-state index contributed by atoms with van der Waals surface area (Å²) in [4.78, 5) is 11.0. The standard InChI is InChI=1S/C11H20FNO2/c1-5-11(12,6-8(2)3)7-9(13)10(14)15-4/h5,8-9H,1,6-7,13H2,2-4H3. The molecule has 2 unspecified atom stereocenters. The van der Waals surface area contributed by atoms with E-state index in [0.29, 0.717) is 6.42 Å². The number of hydrogen-bond donors (Lipinski definition) is 1. The third-order valence-electron chi connectivity index (χ3n) is 2.18. The van der Waals surface area contributed by atoms with Gasteiger partial charge in [-0.1, -0.05) is 26.5 Å². The molecule has 0 amide bonds. The fourth-order valence-corrected chi connectivity index (χ4v) is 1.53. The Morgan fingerprint density at radius 1 is 1.60 bits per heavy atom. The number of hydrogen-bond acceptors (Lipinski definition) is 3. The van der Waals surface area contributed by atoms with Gasteiger partial charge in [0.25, 0.3) is 0 Å². The second kappa shape index (κ2) is 5.85. The van der Waals surface area contributed by atoms with Crippen molar-refractivity contribution in [3.05, 3.63) is 12.7 Å². The Kier molecular flexibility index (Phi) is 5.50. The van der Waals surface area contributed by atoms with E-state index in [1.807, 2.05) is 13.8 Å². The monoisotopic (exact) mass is 217 g/mol. The van der Waals surface area contributed by atoms with Crippen molar-refractivity contribution in [2.45, 2.75) is 38.4 Å². The fourth-order valence-electron chi connectivity index (χ4n) is 1.53. The topological polar surface area (TPSA) is 52.3 Å². The Morgan fingerprint density at radius 2 is 2.13 bits per heavy atom. The summed E-state index contributed by atoms with van der Waals surface area (Å²) >= 11 is 0. The van der Waals surface area contributed by atoms with E-state index in [9.17, 15) is 9.18 Å². The van der Waals surface area contributed by atoms with Gasteiger partial charge in [0.2, 0.25) is 0 Å². The molecular formula is C11H20FNO2. The molecule has 0 saturated heterocycles. The van der Waals surface area contributed by atoms with Gasteiger partial charge in [-0.15, -0.1) is 0 Å². The maximum Gasteiger partial charge on any atom is 0.322 e. The third kappa shape index (κ3) is 4.93. The summed E-state index contributed by atoms with van der Waals surface area (Å²) < 4.78 is 18.6. The number of carbonyl (C=O) groups is 1. The SMILES string of the molecule is C=CC(F)(CC(C)C)CC(N)C(=O)OC. The van der Waals surface area contributed by atoms with E-state index in [1.54, 1.807) is 0 Å². The first-order chi connectivity index (χ1) is 6.84. The molecule has 4 heteroatoms. The number of carbonyl (C=O) groups excluding carboxylic acids is 1. The second-order valence-electron chi connectivity index (χ2n) is 4.17. The van der Waals surface area contributed by atoms with Gasteiger partial charge in [0.1, 0.15) is 11.7 Å². The van der Waals surface area contributed by atoms with Crippen LogP contribution in [-0.4, -0.2) is 24.8 Å². The van der Waals surface area contributed by atoms with Crippen molar-refractivity contribution in [2.75, 3.05) is 7.11 Å². The minimum absolute atomic E-state index is 0.0820. The lowest BCUT2D eigenvalue weighted by atomic mass is 9.88. The highest BCUT2D eigenvalue weighted by Gasteiger charge is 2.32. The number of rotatable bonds is 6. The van der Waals surface area contributed by atoms with Gasteiger partial charge in [0.05, 0.1) is 7.11 Å². The minimum atomic E-state index is -1.60. The number of alkyl halides is 1. The average Bonchev–Trinajstić information content (AvgIpc) is 2.15. The lowest BCUT2D eigenvalue weighted by molar-refractivity contribution is -0.143. The summed E-state index contributed by atoms with van der Waals surface area (Å²) in [6.45, 7) is 7.25. The molecule has 3 nitrogen and oxygen atoms in total. The van der Waals surface area contributed by atoms with Crippen molar-refractivity contribution in [1.29, 1.82) is 0 Å². The number of methoxy groups -OCH3 is 1. The number of nitrogens with two attached hydrogens (primary N) is 1. The van der Waals surface area contributed by atoms with Crippen molar-refractivity contribution in [1.82, 2.24) is 0 Å². The van der Waals surface area contributed by atoms with E-state index in [4.69, 9.17) is 5.73 Å². The normalized spacial score (nSPS) is 16.9. The zero-order valence-electron chi connectivity index (χ0n) is 9.63. The predicted octanol–water partition coefficient (Wildman–Crippen LogP) is 1.82. The van der Waals surface area contributed by atoms with Gasteiger partial charge in [0.15, 0.2) is 0 Å².